The van der Waals surface area contributed by atoms with E-state index in [-0.39, 0.29) is 0 Å². The van der Waals surface area contributed by atoms with Crippen molar-refractivity contribution in [2.24, 2.45) is 0 Å². The molecular weight excluding hydrogens is 272 g/mol. The van der Waals surface area contributed by atoms with E-state index < -0.39 is 5.95 Å². The number of halogens is 3. The van der Waals surface area contributed by atoms with Gasteiger partial charge >= 0.3 is 0 Å². The topological polar surface area (TPSA) is 30.7 Å². The summed E-state index contributed by atoms with van der Waals surface area (Å²) >= 11 is 9.19. The lowest BCUT2D eigenvalue weighted by atomic mass is 10.3. The van der Waals surface area contributed by atoms with E-state index in [9.17, 15) is 4.39 Å². The van der Waals surface area contributed by atoms with Gasteiger partial charge in [-0.15, -0.1) is 0 Å². The second-order valence-electron chi connectivity index (χ2n) is 2.58. The summed E-state index contributed by atoms with van der Waals surface area (Å²) in [6.07, 6.45) is 1.16. The smallest absolute Gasteiger partial charge is 0.216 e. The molecular formula is C8H4BrClFN3. The second kappa shape index (κ2) is 3.67. The molecule has 0 saturated heterocycles. The van der Waals surface area contributed by atoms with Gasteiger partial charge in [0.1, 0.15) is 0 Å². The highest BCUT2D eigenvalue weighted by molar-refractivity contribution is 9.10. The van der Waals surface area contributed by atoms with Crippen molar-refractivity contribution in [3.63, 3.8) is 0 Å². The predicted octanol–water partition coefficient (Wildman–Crippen LogP) is 2.82. The Hall–Kier alpha value is -0.940. The van der Waals surface area contributed by atoms with Gasteiger partial charge in [-0.3, -0.25) is 0 Å². The fraction of sp³-hybridized carbons (Fsp3) is 0. The van der Waals surface area contributed by atoms with Gasteiger partial charge in [0.15, 0.2) is 0 Å². The van der Waals surface area contributed by atoms with Crippen molar-refractivity contribution in [1.29, 1.82) is 0 Å². The van der Waals surface area contributed by atoms with Gasteiger partial charge in [0.25, 0.3) is 5.95 Å². The highest BCUT2D eigenvalue weighted by atomic mass is 79.9. The van der Waals surface area contributed by atoms with E-state index in [4.69, 9.17) is 11.6 Å². The molecule has 0 amide bonds. The van der Waals surface area contributed by atoms with Crippen LogP contribution in [-0.4, -0.2) is 15.0 Å². The maximum Gasteiger partial charge on any atom is 0.253 e. The van der Waals surface area contributed by atoms with Crippen molar-refractivity contribution in [1.82, 2.24) is 15.0 Å². The van der Waals surface area contributed by atoms with E-state index in [1.807, 2.05) is 0 Å². The molecule has 72 valence electrons. The van der Waals surface area contributed by atoms with Gasteiger partial charge in [0.05, 0.1) is 16.9 Å². The van der Waals surface area contributed by atoms with Crippen LogP contribution in [0.15, 0.2) is 28.9 Å². The minimum Gasteiger partial charge on any atom is -0.216 e. The number of rotatable bonds is 1. The van der Waals surface area contributed by atoms with Crippen molar-refractivity contribution >= 4 is 27.5 Å². The Morgan fingerprint density at radius 2 is 2.21 bits per heavy atom. The lowest BCUT2D eigenvalue weighted by molar-refractivity contribution is 0.579. The lowest BCUT2D eigenvalue weighted by Crippen LogP contribution is -1.95. The van der Waals surface area contributed by atoms with Crippen molar-refractivity contribution in [3.05, 3.63) is 39.8 Å². The number of nitrogens with zero attached hydrogens (tertiary/aromatic N) is 3. The predicted molar refractivity (Wildman–Crippen MR) is 54.0 cm³/mol. The molecule has 0 saturated carbocycles. The second-order valence-corrected chi connectivity index (χ2v) is 3.90. The zero-order chi connectivity index (χ0) is 10.1. The summed E-state index contributed by atoms with van der Waals surface area (Å²) in [5.74, 6) is -0.638. The molecule has 0 aliphatic carbocycles. The van der Waals surface area contributed by atoms with Crippen LogP contribution >= 0.6 is 27.5 Å². The van der Waals surface area contributed by atoms with Gasteiger partial charge < -0.3 is 0 Å². The van der Waals surface area contributed by atoms with E-state index in [2.05, 4.69) is 26.2 Å². The zero-order valence-electron chi connectivity index (χ0n) is 6.78. The highest BCUT2D eigenvalue weighted by Crippen LogP contribution is 2.23. The fourth-order valence-corrected chi connectivity index (χ4v) is 1.58. The van der Waals surface area contributed by atoms with Crippen LogP contribution in [0.5, 0.6) is 0 Å². The minimum atomic E-state index is -0.638. The Labute approximate surface area is 92.6 Å². The van der Waals surface area contributed by atoms with Crippen molar-refractivity contribution < 1.29 is 4.39 Å². The van der Waals surface area contributed by atoms with Crippen LogP contribution in [0.3, 0.4) is 0 Å². The third kappa shape index (κ3) is 1.78. The van der Waals surface area contributed by atoms with Crippen LogP contribution in [0, 0.1) is 5.95 Å². The Balaban J connectivity index is 2.55. The summed E-state index contributed by atoms with van der Waals surface area (Å²) in [5, 5.41) is 7.29. The average Bonchev–Trinajstić information content (AvgIpc) is 2.56. The molecule has 0 atom stereocenters. The Bertz CT molecular complexity index is 471. The quantitative estimate of drug-likeness (QED) is 0.802. The maximum absolute atomic E-state index is 12.6. The summed E-state index contributed by atoms with van der Waals surface area (Å²) in [6, 6.07) is 5.22. The first kappa shape index (κ1) is 9.61. The molecule has 0 aliphatic rings. The number of benzene rings is 1. The van der Waals surface area contributed by atoms with Crippen molar-refractivity contribution in [2.45, 2.75) is 0 Å². The summed E-state index contributed by atoms with van der Waals surface area (Å²) < 4.78 is 14.7. The largest absolute Gasteiger partial charge is 0.253 e. The Morgan fingerprint density at radius 1 is 1.43 bits per heavy atom. The lowest BCUT2D eigenvalue weighted by Gasteiger charge is -2.02. The molecule has 1 heterocycles. The van der Waals surface area contributed by atoms with E-state index in [1.165, 1.54) is 4.68 Å². The first-order valence-electron chi connectivity index (χ1n) is 3.70. The number of aromatic nitrogens is 3. The zero-order valence-corrected chi connectivity index (χ0v) is 9.13. The fourth-order valence-electron chi connectivity index (χ4n) is 1.02. The maximum atomic E-state index is 12.6. The molecule has 2 rings (SSSR count). The van der Waals surface area contributed by atoms with Gasteiger partial charge in [0, 0.05) is 4.47 Å². The van der Waals surface area contributed by atoms with Crippen molar-refractivity contribution in [3.8, 4) is 5.69 Å². The van der Waals surface area contributed by atoms with Crippen molar-refractivity contribution in [2.75, 3.05) is 0 Å². The van der Waals surface area contributed by atoms with Crippen LogP contribution in [0.25, 0.3) is 5.69 Å². The monoisotopic (exact) mass is 275 g/mol. The van der Waals surface area contributed by atoms with Crippen LogP contribution in [0.4, 0.5) is 4.39 Å². The first-order valence-corrected chi connectivity index (χ1v) is 4.87. The van der Waals surface area contributed by atoms with E-state index in [0.29, 0.717) is 10.7 Å². The molecule has 1 aromatic carbocycles. The van der Waals surface area contributed by atoms with E-state index >= 15 is 0 Å². The SMILES string of the molecule is Fc1cn(-c2cc(Br)ccc2Cl)nn1. The molecule has 0 aliphatic heterocycles. The number of hydrogen-bond donors (Lipinski definition) is 0. The molecule has 0 unspecified atom stereocenters. The highest BCUT2D eigenvalue weighted by Gasteiger charge is 2.06. The molecule has 2 aromatic rings. The van der Waals surface area contributed by atoms with Gasteiger partial charge in [-0.25, -0.2) is 4.68 Å². The molecule has 0 spiro atoms. The minimum absolute atomic E-state index is 0.484. The molecule has 1 aromatic heterocycles. The molecule has 0 fully saturated rings. The average molecular weight is 276 g/mol. The van der Waals surface area contributed by atoms with E-state index in [1.54, 1.807) is 18.2 Å². The summed E-state index contributed by atoms with van der Waals surface area (Å²) in [5.41, 5.74) is 0.581. The van der Waals surface area contributed by atoms with Gasteiger partial charge in [-0.2, -0.15) is 4.39 Å². The molecule has 14 heavy (non-hydrogen) atoms. The molecule has 3 nitrogen and oxygen atoms in total. The van der Waals surface area contributed by atoms with Crippen LogP contribution in [-0.2, 0) is 0 Å². The molecule has 0 bridgehead atoms. The molecule has 0 radical (unpaired) electrons. The first-order chi connectivity index (χ1) is 6.66. The standard InChI is InChI=1S/C8H4BrClFN3/c9-5-1-2-6(10)7(3-5)14-4-8(11)12-13-14/h1-4H. The third-order valence-electron chi connectivity index (χ3n) is 1.62. The number of hydrogen-bond acceptors (Lipinski definition) is 2. The molecule has 6 heteroatoms. The Morgan fingerprint density at radius 3 is 2.86 bits per heavy atom. The third-order valence-corrected chi connectivity index (χ3v) is 2.43. The van der Waals surface area contributed by atoms with E-state index in [0.717, 1.165) is 10.7 Å². The molecule has 0 N–H and O–H groups in total. The van der Waals surface area contributed by atoms with Gasteiger partial charge in [0.2, 0.25) is 0 Å². The summed E-state index contributed by atoms with van der Waals surface area (Å²) in [7, 11) is 0. The van der Waals surface area contributed by atoms with Crippen LogP contribution in [0.1, 0.15) is 0 Å². The van der Waals surface area contributed by atoms with Crippen LogP contribution in [0.2, 0.25) is 5.02 Å². The summed E-state index contributed by atoms with van der Waals surface area (Å²) in [4.78, 5) is 0. The summed E-state index contributed by atoms with van der Waals surface area (Å²) in [6.45, 7) is 0. The van der Waals surface area contributed by atoms with Gasteiger partial charge in [-0.1, -0.05) is 37.8 Å². The Kier molecular flexibility index (Phi) is 2.52. The van der Waals surface area contributed by atoms with Crippen LogP contribution < -0.4 is 0 Å². The van der Waals surface area contributed by atoms with Gasteiger partial charge in [-0.05, 0) is 18.2 Å². The normalized spacial score (nSPS) is 10.5.